The summed E-state index contributed by atoms with van der Waals surface area (Å²) in [5.41, 5.74) is -0.725. The third-order valence-electron chi connectivity index (χ3n) is 9.69. The van der Waals surface area contributed by atoms with E-state index < -0.39 is 139 Å². The van der Waals surface area contributed by atoms with Gasteiger partial charge in [0.25, 0.3) is 0 Å². The molecule has 0 radical (unpaired) electrons. The van der Waals surface area contributed by atoms with Crippen molar-refractivity contribution in [3.05, 3.63) is 10.6 Å². The van der Waals surface area contributed by atoms with Crippen molar-refractivity contribution in [1.82, 2.24) is 25.8 Å². The Kier molecular flexibility index (Phi) is 19.2. The number of carbonyl (C=O) groups excluding carboxylic acids is 6. The molecule has 2 unspecified atom stereocenters. The molecule has 13 atom stereocenters. The second-order valence-electron chi connectivity index (χ2n) is 13.5. The molecule has 58 heavy (non-hydrogen) atoms. The van der Waals surface area contributed by atoms with E-state index in [1.54, 1.807) is 13.8 Å². The fraction of sp³-hybridized carbons (Fsp3) is 0.735. The number of likely N-dealkylation sites (N-methyl/N-ethyl adjacent to an activating group) is 2. The molecule has 0 aromatic rings. The zero-order valence-corrected chi connectivity index (χ0v) is 43.1. The molecule has 5 N–H and O–H groups in total. The van der Waals surface area contributed by atoms with Gasteiger partial charge in [0.05, 0.1) is 58.9 Å². The number of aliphatic hydroxyl groups excluding tert-OH is 2. The quantitative estimate of drug-likeness (QED) is 0.101. The third kappa shape index (κ3) is 15.4. The van der Waals surface area contributed by atoms with E-state index in [1.165, 1.54) is 13.8 Å². The molecule has 0 saturated carbocycles. The maximum Gasteiger partial charge on any atom is 1.00 e. The number of rotatable bonds is 14. The number of carbonyl (C=O) groups is 6. The maximum absolute atomic E-state index is 12.7. The van der Waals surface area contributed by atoms with Crippen molar-refractivity contribution >= 4 is 64.9 Å². The van der Waals surface area contributed by atoms with Gasteiger partial charge in [-0.15, -0.1) is 23.5 Å². The summed E-state index contributed by atoms with van der Waals surface area (Å²) >= 11 is 2.13. The van der Waals surface area contributed by atoms with E-state index in [9.17, 15) is 59.4 Å². The SMILES string of the molecule is [2H]C([2H])([2H])N(C(=O)[C@@H]1C[C@H](SC2=C(C(=O)[O-])NC([C@H](C(=O)[O-])[C@@H](C)O)[C@H]2C)CN1)C([2H])([2H])[2H].[2H]C([2H])([2H])N(C(=O)[C@@H]1C[C@H](S[C@@H]2C(C(=O)[O-])=NC([C@H](C(=O)[O-])[C@@H](C)O)[C@H]2C)CN1)C([2H])([2H])[2H].[Na+].[Na+].[Na+].[Na+]. The Morgan fingerprint density at radius 3 is 1.66 bits per heavy atom. The monoisotopic (exact) mass is 902 g/mol. The van der Waals surface area contributed by atoms with Crippen molar-refractivity contribution in [1.29, 1.82) is 0 Å². The van der Waals surface area contributed by atoms with Gasteiger partial charge in [0, 0.05) is 109 Å². The first-order valence-corrected chi connectivity index (χ1v) is 18.5. The van der Waals surface area contributed by atoms with Crippen LogP contribution in [0.25, 0.3) is 0 Å². The zero-order chi connectivity index (χ0) is 50.9. The van der Waals surface area contributed by atoms with Crippen molar-refractivity contribution in [3.63, 3.8) is 0 Å². The molecule has 0 aromatic carbocycles. The Balaban J connectivity index is 0. The number of hydrogen-bond acceptors (Lipinski definition) is 18. The van der Waals surface area contributed by atoms with Gasteiger partial charge in [0.15, 0.2) is 0 Å². The molecule has 2 fully saturated rings. The smallest absolute Gasteiger partial charge is 0.550 e. The predicted octanol–water partition coefficient (Wildman–Crippen LogP) is -18.3. The molecular weight excluding hydrogens is 840 g/mol. The molecule has 4 aliphatic heterocycles. The summed E-state index contributed by atoms with van der Waals surface area (Å²) in [5.74, 6) is -12.7. The Labute approximate surface area is 453 Å². The predicted molar refractivity (Wildman–Crippen MR) is 191 cm³/mol. The number of carboxylic acids is 4. The van der Waals surface area contributed by atoms with E-state index in [-0.39, 0.29) is 170 Å². The van der Waals surface area contributed by atoms with Crippen molar-refractivity contribution < 1.29 is 194 Å². The van der Waals surface area contributed by atoms with E-state index in [0.717, 1.165) is 23.5 Å². The molecule has 0 spiro atoms. The second kappa shape index (κ2) is 27.0. The van der Waals surface area contributed by atoms with Gasteiger partial charge in [-0.2, -0.15) is 0 Å². The van der Waals surface area contributed by atoms with Gasteiger partial charge in [0.2, 0.25) is 11.8 Å². The van der Waals surface area contributed by atoms with Crippen LogP contribution in [-0.4, -0.2) is 155 Å². The summed E-state index contributed by atoms with van der Waals surface area (Å²) in [7, 11) is 0. The number of aliphatic hydroxyl groups is 2. The molecule has 2 amide bonds. The summed E-state index contributed by atoms with van der Waals surface area (Å²) in [6.45, 7) is -6.81. The molecule has 304 valence electrons. The fourth-order valence-electron chi connectivity index (χ4n) is 6.96. The van der Waals surface area contributed by atoms with Crippen LogP contribution in [0.1, 0.15) is 57.0 Å². The van der Waals surface area contributed by atoms with Gasteiger partial charge < -0.3 is 75.6 Å². The number of nitrogens with one attached hydrogen (secondary N) is 3. The second-order valence-corrected chi connectivity index (χ2v) is 16.3. The van der Waals surface area contributed by atoms with Crippen LogP contribution in [0, 0.1) is 23.7 Å². The molecule has 4 aliphatic rings. The van der Waals surface area contributed by atoms with Crippen molar-refractivity contribution in [2.45, 2.75) is 92.7 Å². The Morgan fingerprint density at radius 2 is 1.24 bits per heavy atom. The topological polar surface area (TPSA) is 290 Å². The molecule has 0 aromatic heterocycles. The van der Waals surface area contributed by atoms with Crippen LogP contribution in [0.3, 0.4) is 0 Å². The first kappa shape index (κ1) is 41.3. The summed E-state index contributed by atoms with van der Waals surface area (Å²) in [6, 6.07) is -4.30. The van der Waals surface area contributed by atoms with Gasteiger partial charge in [0.1, 0.15) is 0 Å². The van der Waals surface area contributed by atoms with Crippen LogP contribution in [-0.2, 0) is 28.8 Å². The minimum Gasteiger partial charge on any atom is -0.550 e. The fourth-order valence-corrected chi connectivity index (χ4v) is 10.0. The van der Waals surface area contributed by atoms with Crippen LogP contribution < -0.4 is 155 Å². The molecule has 0 bridgehead atoms. The summed E-state index contributed by atoms with van der Waals surface area (Å²) in [6.07, 6.45) is -2.66. The summed E-state index contributed by atoms with van der Waals surface area (Å²) < 4.78 is 88.6. The standard InChI is InChI=1S/2C17H27N3O6S.4Na/c2*1-7-12(11(8(2)21)16(23)24)19-13(17(25)26)14(7)27-9-5-10(18-6-9)15(22)20(3)4;;;;/h7-12,18-19,21H,5-6H2,1-4H3,(H,23,24)(H,25,26);7-12,14,18,21H,5-6H2,1-4H3,(H,23,24)(H,25,26);;;;/q;;4*+1/p-4/t7-,8-,9+,10+,11-,12?;7-,8-,9+,10+,11-,12?,14+;;;;/m11..../s1/i2*3D3,4D3;;;;. The van der Waals surface area contributed by atoms with E-state index >= 15 is 0 Å². The van der Waals surface area contributed by atoms with Gasteiger partial charge in [-0.05, 0) is 32.6 Å². The van der Waals surface area contributed by atoms with Crippen molar-refractivity contribution in [3.8, 4) is 0 Å². The molecule has 4 rings (SSSR count). The third-order valence-corrected chi connectivity index (χ3v) is 12.9. The zero-order valence-electron chi connectivity index (χ0n) is 45.5. The number of thioether (sulfide) groups is 2. The van der Waals surface area contributed by atoms with Crippen LogP contribution in [0.5, 0.6) is 0 Å². The first-order chi connectivity index (χ1) is 29.9. The Hall–Kier alpha value is 0.570. The van der Waals surface area contributed by atoms with Gasteiger partial charge >= 0.3 is 118 Å². The number of aliphatic carboxylic acids is 4. The largest absolute Gasteiger partial charge is 1.00 e. The number of nitrogens with zero attached hydrogens (tertiary/aromatic N) is 3. The number of carboxylic acid groups (broad SMARTS) is 4. The number of hydrogen-bond donors (Lipinski definition) is 5. The Bertz CT molecular complexity index is 1910. The van der Waals surface area contributed by atoms with Crippen molar-refractivity contribution in [2.24, 2.45) is 28.7 Å². The first-order valence-electron chi connectivity index (χ1n) is 22.7. The number of amides is 2. The van der Waals surface area contributed by atoms with E-state index in [4.69, 9.17) is 16.4 Å². The average molecular weight is 903 g/mol. The van der Waals surface area contributed by atoms with Gasteiger partial charge in [-0.1, -0.05) is 13.8 Å². The van der Waals surface area contributed by atoms with E-state index in [0.29, 0.717) is 0 Å². The van der Waals surface area contributed by atoms with Crippen LogP contribution in [0.2, 0.25) is 0 Å². The maximum atomic E-state index is 12.7. The number of aliphatic imine (C=N–C) groups is 1. The normalized spacial score (nSPS) is 33.1. The molecule has 24 heteroatoms. The molecule has 18 nitrogen and oxygen atoms in total. The van der Waals surface area contributed by atoms with Crippen LogP contribution >= 0.6 is 23.5 Å². The van der Waals surface area contributed by atoms with Gasteiger partial charge in [-0.3, -0.25) is 14.6 Å². The molecular formula is C34H50N6Na4O12S2. The average Bonchev–Trinajstić information content (AvgIpc) is 3.91. The van der Waals surface area contributed by atoms with Gasteiger partial charge in [-0.25, -0.2) is 0 Å². The van der Waals surface area contributed by atoms with Crippen LogP contribution in [0.4, 0.5) is 0 Å². The van der Waals surface area contributed by atoms with Crippen molar-refractivity contribution in [2.75, 3.05) is 41.0 Å². The summed E-state index contributed by atoms with van der Waals surface area (Å²) in [4.78, 5) is 75.6. The summed E-state index contributed by atoms with van der Waals surface area (Å²) in [5, 5.41) is 72.4. The minimum atomic E-state index is -3.18. The Morgan fingerprint density at radius 1 is 0.776 bits per heavy atom. The molecule has 2 saturated heterocycles. The molecule has 4 heterocycles. The molecule has 0 aliphatic carbocycles. The van der Waals surface area contributed by atoms with E-state index in [2.05, 4.69) is 20.9 Å². The minimum absolute atomic E-state index is 0. The van der Waals surface area contributed by atoms with Crippen LogP contribution in [0.15, 0.2) is 15.6 Å². The van der Waals surface area contributed by atoms with E-state index in [1.807, 2.05) is 0 Å².